The van der Waals surface area contributed by atoms with E-state index >= 15 is 0 Å². The average Bonchev–Trinajstić information content (AvgIpc) is 2.38. The summed E-state index contributed by atoms with van der Waals surface area (Å²) in [6, 6.07) is 2.50. The quantitative estimate of drug-likeness (QED) is 0.628. The molecule has 0 bridgehead atoms. The van der Waals surface area contributed by atoms with Crippen molar-refractivity contribution in [2.75, 3.05) is 45.9 Å². The first-order chi connectivity index (χ1) is 8.31. The molecule has 1 fully saturated rings. The van der Waals surface area contributed by atoms with Crippen LogP contribution in [0, 0.1) is 11.3 Å². The van der Waals surface area contributed by atoms with Crippen LogP contribution in [0.25, 0.3) is 0 Å². The zero-order chi connectivity index (χ0) is 12.5. The van der Waals surface area contributed by atoms with E-state index in [2.05, 4.69) is 22.8 Å². The lowest BCUT2D eigenvalue weighted by Gasteiger charge is -2.36. The minimum absolute atomic E-state index is 0.112. The van der Waals surface area contributed by atoms with Crippen molar-refractivity contribution >= 4 is 0 Å². The lowest BCUT2D eigenvalue weighted by molar-refractivity contribution is 0.0937. The van der Waals surface area contributed by atoms with Gasteiger partial charge >= 0.3 is 0 Å². The van der Waals surface area contributed by atoms with Gasteiger partial charge in [0.05, 0.1) is 12.1 Å². The predicted molar refractivity (Wildman–Crippen MR) is 68.8 cm³/mol. The molecule has 4 nitrogen and oxygen atoms in total. The van der Waals surface area contributed by atoms with E-state index in [0.29, 0.717) is 0 Å². The second-order valence-corrected chi connectivity index (χ2v) is 4.48. The second kappa shape index (κ2) is 8.46. The molecule has 0 aromatic heterocycles. The van der Waals surface area contributed by atoms with E-state index < -0.39 is 0 Å². The zero-order valence-corrected chi connectivity index (χ0v) is 11.2. The van der Waals surface area contributed by atoms with Gasteiger partial charge in [-0.15, -0.1) is 0 Å². The number of hydrogen-bond acceptors (Lipinski definition) is 4. The summed E-state index contributed by atoms with van der Waals surface area (Å²) in [6.45, 7) is 11.2. The van der Waals surface area contributed by atoms with E-state index in [0.717, 1.165) is 58.8 Å². The summed E-state index contributed by atoms with van der Waals surface area (Å²) in [4.78, 5) is 4.78. The Balaban J connectivity index is 2.15. The Labute approximate surface area is 105 Å². The lowest BCUT2D eigenvalue weighted by atomic mass is 10.2. The van der Waals surface area contributed by atoms with E-state index in [1.165, 1.54) is 0 Å². The van der Waals surface area contributed by atoms with Crippen molar-refractivity contribution in [3.63, 3.8) is 0 Å². The van der Waals surface area contributed by atoms with Gasteiger partial charge in [-0.3, -0.25) is 4.90 Å². The molecule has 0 radical (unpaired) electrons. The third-order valence-corrected chi connectivity index (χ3v) is 3.35. The van der Waals surface area contributed by atoms with E-state index in [9.17, 15) is 0 Å². The van der Waals surface area contributed by atoms with Crippen molar-refractivity contribution < 1.29 is 4.74 Å². The number of piperazine rings is 1. The minimum Gasteiger partial charge on any atom is -0.382 e. The van der Waals surface area contributed by atoms with Crippen LogP contribution >= 0.6 is 0 Å². The zero-order valence-electron chi connectivity index (χ0n) is 11.2. The van der Waals surface area contributed by atoms with Gasteiger partial charge in [0.15, 0.2) is 0 Å². The SMILES string of the molecule is CCOCCCN1CCN(C(C#N)CC)CC1. The third-order valence-electron chi connectivity index (χ3n) is 3.35. The molecule has 0 aromatic carbocycles. The normalized spacial score (nSPS) is 20.1. The van der Waals surface area contributed by atoms with Gasteiger partial charge in [-0.1, -0.05) is 6.92 Å². The van der Waals surface area contributed by atoms with Crippen molar-refractivity contribution in [3.8, 4) is 6.07 Å². The first kappa shape index (κ1) is 14.4. The highest BCUT2D eigenvalue weighted by Gasteiger charge is 2.21. The predicted octanol–water partition coefficient (Wildman–Crippen LogP) is 1.33. The van der Waals surface area contributed by atoms with Crippen LogP contribution in [0.1, 0.15) is 26.7 Å². The summed E-state index contributed by atoms with van der Waals surface area (Å²) >= 11 is 0. The Bertz CT molecular complexity index is 231. The fourth-order valence-corrected chi connectivity index (χ4v) is 2.26. The molecule has 1 unspecified atom stereocenters. The van der Waals surface area contributed by atoms with Crippen molar-refractivity contribution in [1.82, 2.24) is 9.80 Å². The van der Waals surface area contributed by atoms with Crippen molar-refractivity contribution in [2.24, 2.45) is 0 Å². The topological polar surface area (TPSA) is 39.5 Å². The summed E-state index contributed by atoms with van der Waals surface area (Å²) in [5.41, 5.74) is 0. The molecule has 0 aromatic rings. The van der Waals surface area contributed by atoms with Gasteiger partial charge in [0.1, 0.15) is 0 Å². The molecule has 1 saturated heterocycles. The van der Waals surface area contributed by atoms with Crippen LogP contribution in [-0.2, 0) is 4.74 Å². The van der Waals surface area contributed by atoms with Crippen LogP contribution in [0.4, 0.5) is 0 Å². The first-order valence-corrected chi connectivity index (χ1v) is 6.75. The summed E-state index contributed by atoms with van der Waals surface area (Å²) in [6.07, 6.45) is 2.05. The maximum atomic E-state index is 9.02. The summed E-state index contributed by atoms with van der Waals surface area (Å²) in [5.74, 6) is 0. The van der Waals surface area contributed by atoms with Crippen molar-refractivity contribution in [2.45, 2.75) is 32.7 Å². The average molecular weight is 239 g/mol. The second-order valence-electron chi connectivity index (χ2n) is 4.48. The fourth-order valence-electron chi connectivity index (χ4n) is 2.26. The van der Waals surface area contributed by atoms with Crippen LogP contribution in [-0.4, -0.2) is 61.8 Å². The summed E-state index contributed by atoms with van der Waals surface area (Å²) < 4.78 is 5.34. The molecule has 1 aliphatic rings. The van der Waals surface area contributed by atoms with Gasteiger partial charge < -0.3 is 9.64 Å². The Hall–Kier alpha value is -0.630. The van der Waals surface area contributed by atoms with Crippen LogP contribution < -0.4 is 0 Å². The van der Waals surface area contributed by atoms with E-state index in [-0.39, 0.29) is 6.04 Å². The highest BCUT2D eigenvalue weighted by molar-refractivity contribution is 4.92. The fraction of sp³-hybridized carbons (Fsp3) is 0.923. The largest absolute Gasteiger partial charge is 0.382 e. The number of rotatable bonds is 7. The molecule has 1 heterocycles. The first-order valence-electron chi connectivity index (χ1n) is 6.75. The lowest BCUT2D eigenvalue weighted by Crippen LogP contribution is -2.50. The van der Waals surface area contributed by atoms with Crippen molar-refractivity contribution in [3.05, 3.63) is 0 Å². The molecule has 0 N–H and O–H groups in total. The monoisotopic (exact) mass is 239 g/mol. The van der Waals surface area contributed by atoms with E-state index in [4.69, 9.17) is 10.00 Å². The van der Waals surface area contributed by atoms with Gasteiger partial charge in [0, 0.05) is 45.9 Å². The maximum absolute atomic E-state index is 9.02. The van der Waals surface area contributed by atoms with Gasteiger partial charge in [0.2, 0.25) is 0 Å². The van der Waals surface area contributed by atoms with Gasteiger partial charge in [-0.25, -0.2) is 0 Å². The molecule has 1 rings (SSSR count). The molecule has 0 amide bonds. The van der Waals surface area contributed by atoms with Crippen LogP contribution in [0.5, 0.6) is 0 Å². The van der Waals surface area contributed by atoms with Gasteiger partial charge in [0.25, 0.3) is 0 Å². The molecule has 0 aliphatic carbocycles. The van der Waals surface area contributed by atoms with Crippen molar-refractivity contribution in [1.29, 1.82) is 5.26 Å². The minimum atomic E-state index is 0.112. The highest BCUT2D eigenvalue weighted by atomic mass is 16.5. The molecule has 0 saturated carbocycles. The van der Waals surface area contributed by atoms with Gasteiger partial charge in [-0.05, 0) is 19.8 Å². The molecular weight excluding hydrogens is 214 g/mol. The third kappa shape index (κ3) is 5.03. The Morgan fingerprint density at radius 2 is 1.94 bits per heavy atom. The molecule has 17 heavy (non-hydrogen) atoms. The molecular formula is C13H25N3O. The maximum Gasteiger partial charge on any atom is 0.0976 e. The van der Waals surface area contributed by atoms with Crippen LogP contribution in [0.2, 0.25) is 0 Å². The van der Waals surface area contributed by atoms with Crippen LogP contribution in [0.15, 0.2) is 0 Å². The Morgan fingerprint density at radius 3 is 2.47 bits per heavy atom. The number of nitrogens with zero attached hydrogens (tertiary/aromatic N) is 3. The van der Waals surface area contributed by atoms with E-state index in [1.807, 2.05) is 6.92 Å². The van der Waals surface area contributed by atoms with E-state index in [1.54, 1.807) is 0 Å². The molecule has 98 valence electrons. The number of hydrogen-bond donors (Lipinski definition) is 0. The Kier molecular flexibility index (Phi) is 7.18. The summed E-state index contributed by atoms with van der Waals surface area (Å²) in [5, 5.41) is 9.02. The Morgan fingerprint density at radius 1 is 1.24 bits per heavy atom. The standard InChI is InChI=1S/C13H25N3O/c1-3-13(12-14)16-9-7-15(8-10-16)6-5-11-17-4-2/h13H,3-11H2,1-2H3. The number of ether oxygens (including phenoxy) is 1. The molecule has 0 spiro atoms. The summed E-state index contributed by atoms with van der Waals surface area (Å²) in [7, 11) is 0. The molecule has 1 atom stereocenters. The number of nitriles is 1. The molecule has 4 heteroatoms. The molecule has 1 aliphatic heterocycles. The highest BCUT2D eigenvalue weighted by Crippen LogP contribution is 2.08. The smallest absolute Gasteiger partial charge is 0.0976 e. The van der Waals surface area contributed by atoms with Gasteiger partial charge in [-0.2, -0.15) is 5.26 Å². The van der Waals surface area contributed by atoms with Crippen LogP contribution in [0.3, 0.4) is 0 Å².